The summed E-state index contributed by atoms with van der Waals surface area (Å²) in [6.07, 6.45) is 7.30. The van der Waals surface area contributed by atoms with Gasteiger partial charge in [0.25, 0.3) is 5.91 Å². The number of likely N-dealkylation sites (tertiary alicyclic amines) is 1. The number of aromatic nitrogens is 2. The Morgan fingerprint density at radius 1 is 1.11 bits per heavy atom. The lowest BCUT2D eigenvalue weighted by atomic mass is 10.2. The molecular formula is C13H19N3O2. The van der Waals surface area contributed by atoms with Crippen molar-refractivity contribution in [1.82, 2.24) is 14.7 Å². The third-order valence-corrected chi connectivity index (χ3v) is 3.67. The lowest BCUT2D eigenvalue weighted by molar-refractivity contribution is 0.0755. The van der Waals surface area contributed by atoms with E-state index in [4.69, 9.17) is 4.74 Å². The first-order chi connectivity index (χ1) is 8.86. The molecule has 0 bridgehead atoms. The molecule has 0 aliphatic carbocycles. The maximum atomic E-state index is 12.5. The fourth-order valence-electron chi connectivity index (χ4n) is 2.66. The molecule has 18 heavy (non-hydrogen) atoms. The van der Waals surface area contributed by atoms with Gasteiger partial charge in [0.15, 0.2) is 0 Å². The Hall–Kier alpha value is -1.52. The van der Waals surface area contributed by atoms with Crippen molar-refractivity contribution in [3.63, 3.8) is 0 Å². The second kappa shape index (κ2) is 5.00. The molecule has 2 aliphatic rings. The number of nitrogens with zero attached hydrogens (tertiary/aromatic N) is 3. The molecule has 0 N–H and O–H groups in total. The fraction of sp³-hybridized carbons (Fsp3) is 0.692. The molecule has 0 atom stereocenters. The van der Waals surface area contributed by atoms with E-state index in [-0.39, 0.29) is 5.91 Å². The maximum Gasteiger partial charge on any atom is 0.260 e. The lowest BCUT2D eigenvalue weighted by Crippen LogP contribution is -2.32. The van der Waals surface area contributed by atoms with Crippen molar-refractivity contribution in [3.05, 3.63) is 11.8 Å². The van der Waals surface area contributed by atoms with Crippen LogP contribution in [0.1, 0.15) is 42.5 Å². The third-order valence-electron chi connectivity index (χ3n) is 3.67. The number of hydrogen-bond donors (Lipinski definition) is 0. The maximum absolute atomic E-state index is 12.5. The van der Waals surface area contributed by atoms with Gasteiger partial charge in [-0.15, -0.1) is 0 Å². The zero-order chi connectivity index (χ0) is 12.4. The summed E-state index contributed by atoms with van der Waals surface area (Å²) >= 11 is 0. The van der Waals surface area contributed by atoms with Crippen molar-refractivity contribution >= 4 is 5.91 Å². The van der Waals surface area contributed by atoms with Crippen LogP contribution in [0.5, 0.6) is 5.88 Å². The molecule has 98 valence electrons. The summed E-state index contributed by atoms with van der Waals surface area (Å²) < 4.78 is 7.39. The smallest absolute Gasteiger partial charge is 0.260 e. The van der Waals surface area contributed by atoms with Crippen LogP contribution in [-0.2, 0) is 6.54 Å². The SMILES string of the molecule is O=C(c1cnn2c1OCCC2)N1CCCCCC1. The summed E-state index contributed by atoms with van der Waals surface area (Å²) in [5, 5.41) is 4.24. The minimum Gasteiger partial charge on any atom is -0.477 e. The minimum absolute atomic E-state index is 0.0834. The van der Waals surface area contributed by atoms with Gasteiger partial charge in [0, 0.05) is 26.1 Å². The van der Waals surface area contributed by atoms with Crippen LogP contribution in [0.15, 0.2) is 6.20 Å². The second-order valence-corrected chi connectivity index (χ2v) is 4.99. The molecule has 5 nitrogen and oxygen atoms in total. The molecule has 0 saturated carbocycles. The highest BCUT2D eigenvalue weighted by molar-refractivity contribution is 5.96. The van der Waals surface area contributed by atoms with Crippen molar-refractivity contribution in [2.45, 2.75) is 38.6 Å². The van der Waals surface area contributed by atoms with E-state index in [0.29, 0.717) is 18.1 Å². The Kier molecular flexibility index (Phi) is 3.21. The Balaban J connectivity index is 1.80. The van der Waals surface area contributed by atoms with Crippen LogP contribution in [0.3, 0.4) is 0 Å². The average molecular weight is 249 g/mol. The van der Waals surface area contributed by atoms with Crippen LogP contribution >= 0.6 is 0 Å². The van der Waals surface area contributed by atoms with Crippen molar-refractivity contribution < 1.29 is 9.53 Å². The van der Waals surface area contributed by atoms with Gasteiger partial charge < -0.3 is 9.64 Å². The number of fused-ring (bicyclic) bond motifs is 1. The van der Waals surface area contributed by atoms with Gasteiger partial charge in [0.2, 0.25) is 5.88 Å². The molecule has 0 spiro atoms. The first-order valence-corrected chi connectivity index (χ1v) is 6.84. The molecule has 1 aromatic heterocycles. The largest absolute Gasteiger partial charge is 0.477 e. The van der Waals surface area contributed by atoms with E-state index in [1.807, 2.05) is 4.90 Å². The molecule has 3 heterocycles. The third kappa shape index (κ3) is 2.09. The minimum atomic E-state index is 0.0834. The van der Waals surface area contributed by atoms with Crippen molar-refractivity contribution in [3.8, 4) is 5.88 Å². The topological polar surface area (TPSA) is 47.4 Å². The summed E-state index contributed by atoms with van der Waals surface area (Å²) in [7, 11) is 0. The van der Waals surface area contributed by atoms with E-state index in [2.05, 4.69) is 5.10 Å². The quantitative estimate of drug-likeness (QED) is 0.761. The highest BCUT2D eigenvalue weighted by atomic mass is 16.5. The van der Waals surface area contributed by atoms with Crippen LogP contribution in [0.2, 0.25) is 0 Å². The van der Waals surface area contributed by atoms with E-state index in [0.717, 1.165) is 38.9 Å². The van der Waals surface area contributed by atoms with Crippen LogP contribution in [0.4, 0.5) is 0 Å². The molecule has 5 heteroatoms. The average Bonchev–Trinajstić information content (AvgIpc) is 2.65. The standard InChI is InChI=1S/C13H19N3O2/c17-12(15-6-3-1-2-4-7-15)11-10-14-16-8-5-9-18-13(11)16/h10H,1-9H2. The Labute approximate surface area is 107 Å². The van der Waals surface area contributed by atoms with Gasteiger partial charge in [0.1, 0.15) is 5.56 Å². The lowest BCUT2D eigenvalue weighted by Gasteiger charge is -2.21. The summed E-state index contributed by atoms with van der Waals surface area (Å²) in [6, 6.07) is 0. The van der Waals surface area contributed by atoms with Gasteiger partial charge in [0.05, 0.1) is 12.8 Å². The predicted octanol–water partition coefficient (Wildman–Crippen LogP) is 1.68. The molecule has 2 aliphatic heterocycles. The van der Waals surface area contributed by atoms with Gasteiger partial charge in [-0.05, 0) is 12.8 Å². The number of carbonyl (C=O) groups is 1. The van der Waals surface area contributed by atoms with E-state index in [9.17, 15) is 4.79 Å². The first-order valence-electron chi connectivity index (χ1n) is 6.84. The Morgan fingerprint density at radius 3 is 2.67 bits per heavy atom. The molecule has 0 unspecified atom stereocenters. The number of rotatable bonds is 1. The zero-order valence-electron chi connectivity index (χ0n) is 10.6. The van der Waals surface area contributed by atoms with Crippen LogP contribution in [0, 0.1) is 0 Å². The number of amides is 1. The van der Waals surface area contributed by atoms with Gasteiger partial charge in [-0.25, -0.2) is 4.68 Å². The highest BCUT2D eigenvalue weighted by Gasteiger charge is 2.25. The second-order valence-electron chi connectivity index (χ2n) is 4.99. The predicted molar refractivity (Wildman–Crippen MR) is 66.7 cm³/mol. The van der Waals surface area contributed by atoms with Crippen LogP contribution < -0.4 is 4.74 Å². The molecule has 1 fully saturated rings. The van der Waals surface area contributed by atoms with Gasteiger partial charge in [-0.3, -0.25) is 4.79 Å². The Bertz CT molecular complexity index is 433. The molecule has 1 amide bonds. The van der Waals surface area contributed by atoms with Crippen molar-refractivity contribution in [2.24, 2.45) is 0 Å². The van der Waals surface area contributed by atoms with E-state index in [1.54, 1.807) is 10.9 Å². The van der Waals surface area contributed by atoms with Crippen molar-refractivity contribution in [2.75, 3.05) is 19.7 Å². The molecular weight excluding hydrogens is 230 g/mol. The monoisotopic (exact) mass is 249 g/mol. The van der Waals surface area contributed by atoms with E-state index < -0.39 is 0 Å². The van der Waals surface area contributed by atoms with Crippen LogP contribution in [0.25, 0.3) is 0 Å². The van der Waals surface area contributed by atoms with Crippen LogP contribution in [-0.4, -0.2) is 40.3 Å². The highest BCUT2D eigenvalue weighted by Crippen LogP contribution is 2.24. The number of ether oxygens (including phenoxy) is 1. The molecule has 1 aromatic rings. The molecule has 0 aromatic carbocycles. The summed E-state index contributed by atoms with van der Waals surface area (Å²) in [5.74, 6) is 0.746. The van der Waals surface area contributed by atoms with Gasteiger partial charge in [-0.1, -0.05) is 12.8 Å². The van der Waals surface area contributed by atoms with Crippen molar-refractivity contribution in [1.29, 1.82) is 0 Å². The normalized spacial score (nSPS) is 19.9. The van der Waals surface area contributed by atoms with Gasteiger partial charge >= 0.3 is 0 Å². The molecule has 3 rings (SSSR count). The fourth-order valence-corrected chi connectivity index (χ4v) is 2.66. The summed E-state index contributed by atoms with van der Waals surface area (Å²) in [4.78, 5) is 14.4. The molecule has 0 radical (unpaired) electrons. The number of aryl methyl sites for hydroxylation is 1. The van der Waals surface area contributed by atoms with E-state index in [1.165, 1.54) is 12.8 Å². The number of hydrogen-bond acceptors (Lipinski definition) is 3. The summed E-state index contributed by atoms with van der Waals surface area (Å²) in [5.41, 5.74) is 0.636. The number of carbonyl (C=O) groups excluding carboxylic acids is 1. The molecule has 1 saturated heterocycles. The zero-order valence-corrected chi connectivity index (χ0v) is 10.6. The first kappa shape index (κ1) is 11.6. The van der Waals surface area contributed by atoms with Gasteiger partial charge in [-0.2, -0.15) is 5.10 Å². The Morgan fingerprint density at radius 2 is 1.89 bits per heavy atom. The summed E-state index contributed by atoms with van der Waals surface area (Å²) in [6.45, 7) is 3.27. The van der Waals surface area contributed by atoms with E-state index >= 15 is 0 Å².